The van der Waals surface area contributed by atoms with Gasteiger partial charge in [-0.05, 0) is 42.0 Å². The SMILES string of the molecule is O=C(NC[C@@H](F)c1ccc(Cl)c(Cl)c1)c1c(Oc2cccc(Cl)c2)nnc2ccccc12. The zero-order valence-electron chi connectivity index (χ0n) is 16.4. The van der Waals surface area contributed by atoms with Crippen molar-refractivity contribution in [1.82, 2.24) is 15.5 Å². The topological polar surface area (TPSA) is 64.1 Å². The minimum atomic E-state index is -1.49. The van der Waals surface area contributed by atoms with E-state index in [0.717, 1.165) is 0 Å². The molecule has 0 spiro atoms. The van der Waals surface area contributed by atoms with Crippen LogP contribution in [0.5, 0.6) is 11.6 Å². The maximum Gasteiger partial charge on any atom is 0.257 e. The van der Waals surface area contributed by atoms with Gasteiger partial charge < -0.3 is 10.1 Å². The normalized spacial score (nSPS) is 11.9. The predicted octanol–water partition coefficient (Wildman–Crippen LogP) is 6.82. The van der Waals surface area contributed by atoms with Crippen LogP contribution in [0.3, 0.4) is 0 Å². The lowest BCUT2D eigenvalue weighted by molar-refractivity contribution is 0.0940. The molecular weight excluding hydrogens is 476 g/mol. The van der Waals surface area contributed by atoms with Crippen LogP contribution >= 0.6 is 34.8 Å². The monoisotopic (exact) mass is 489 g/mol. The molecule has 1 heterocycles. The summed E-state index contributed by atoms with van der Waals surface area (Å²) < 4.78 is 20.5. The molecule has 0 saturated carbocycles. The van der Waals surface area contributed by atoms with Crippen LogP contribution in [0.25, 0.3) is 10.9 Å². The molecule has 9 heteroatoms. The number of aromatic nitrogens is 2. The number of benzene rings is 3. The lowest BCUT2D eigenvalue weighted by Crippen LogP contribution is -2.28. The van der Waals surface area contributed by atoms with Gasteiger partial charge in [0.2, 0.25) is 0 Å². The van der Waals surface area contributed by atoms with Gasteiger partial charge in [0.25, 0.3) is 11.8 Å². The number of amides is 1. The van der Waals surface area contributed by atoms with Gasteiger partial charge in [-0.25, -0.2) is 4.39 Å². The van der Waals surface area contributed by atoms with Crippen molar-refractivity contribution in [2.45, 2.75) is 6.17 Å². The first kappa shape index (κ1) is 22.3. The molecule has 0 aliphatic heterocycles. The van der Waals surface area contributed by atoms with Crippen LogP contribution in [0.2, 0.25) is 15.1 Å². The fraction of sp³-hybridized carbons (Fsp3) is 0.0870. The second-order valence-electron chi connectivity index (χ2n) is 6.81. The highest BCUT2D eigenvalue weighted by molar-refractivity contribution is 6.42. The molecule has 0 saturated heterocycles. The van der Waals surface area contributed by atoms with Crippen molar-refractivity contribution in [3.05, 3.63) is 92.9 Å². The minimum absolute atomic E-state index is 0.0200. The highest BCUT2D eigenvalue weighted by atomic mass is 35.5. The Morgan fingerprint density at radius 1 is 0.969 bits per heavy atom. The van der Waals surface area contributed by atoms with E-state index in [1.54, 1.807) is 48.5 Å². The number of nitrogens with one attached hydrogen (secondary N) is 1. The smallest absolute Gasteiger partial charge is 0.257 e. The van der Waals surface area contributed by atoms with Gasteiger partial charge in [-0.3, -0.25) is 4.79 Å². The molecule has 1 atom stereocenters. The predicted molar refractivity (Wildman–Crippen MR) is 124 cm³/mol. The second-order valence-corrected chi connectivity index (χ2v) is 8.06. The number of rotatable bonds is 6. The zero-order valence-corrected chi connectivity index (χ0v) is 18.6. The Bertz CT molecular complexity index is 1300. The highest BCUT2D eigenvalue weighted by Crippen LogP contribution is 2.30. The summed E-state index contributed by atoms with van der Waals surface area (Å²) in [6, 6.07) is 18.1. The Kier molecular flexibility index (Phi) is 6.74. The number of fused-ring (bicyclic) bond motifs is 1. The number of ether oxygens (including phenoxy) is 1. The van der Waals surface area contributed by atoms with Gasteiger partial charge in [-0.1, -0.05) is 65.1 Å². The Balaban J connectivity index is 1.62. The van der Waals surface area contributed by atoms with Gasteiger partial charge in [0, 0.05) is 10.4 Å². The molecule has 0 aliphatic rings. The van der Waals surface area contributed by atoms with Crippen molar-refractivity contribution in [2.24, 2.45) is 0 Å². The van der Waals surface area contributed by atoms with Gasteiger partial charge in [0.1, 0.15) is 17.5 Å². The summed E-state index contributed by atoms with van der Waals surface area (Å²) in [6.07, 6.45) is -1.49. The molecule has 1 aromatic heterocycles. The summed E-state index contributed by atoms with van der Waals surface area (Å²) >= 11 is 17.9. The van der Waals surface area contributed by atoms with E-state index in [-0.39, 0.29) is 23.0 Å². The Morgan fingerprint density at radius 2 is 1.78 bits per heavy atom. The molecular formula is C23H15Cl3FN3O2. The van der Waals surface area contributed by atoms with Crippen molar-refractivity contribution in [3.8, 4) is 11.6 Å². The molecule has 0 radical (unpaired) electrons. The van der Waals surface area contributed by atoms with Crippen LogP contribution < -0.4 is 10.1 Å². The molecule has 0 fully saturated rings. The standard InChI is InChI=1S/C23H15Cl3FN3O2/c24-14-4-3-5-15(11-14)32-23-21(16-6-1-2-7-20(16)29-30-23)22(31)28-12-19(27)13-8-9-17(25)18(26)10-13/h1-11,19H,12H2,(H,28,31)/t19-/m1/s1. The van der Waals surface area contributed by atoms with Crippen molar-refractivity contribution in [1.29, 1.82) is 0 Å². The number of nitrogens with zero attached hydrogens (tertiary/aromatic N) is 2. The molecule has 1 N–H and O–H groups in total. The van der Waals surface area contributed by atoms with E-state index in [2.05, 4.69) is 15.5 Å². The molecule has 1 amide bonds. The fourth-order valence-corrected chi connectivity index (χ4v) is 3.55. The van der Waals surface area contributed by atoms with E-state index in [4.69, 9.17) is 39.5 Å². The maximum atomic E-state index is 14.7. The first-order valence-corrected chi connectivity index (χ1v) is 10.6. The first-order valence-electron chi connectivity index (χ1n) is 9.48. The molecule has 32 heavy (non-hydrogen) atoms. The number of carbonyl (C=O) groups excluding carboxylic acids is 1. The van der Waals surface area contributed by atoms with Crippen LogP contribution in [0.15, 0.2) is 66.7 Å². The third-order valence-corrected chi connectivity index (χ3v) is 5.59. The summed E-state index contributed by atoms with van der Waals surface area (Å²) in [6.45, 7) is -0.288. The highest BCUT2D eigenvalue weighted by Gasteiger charge is 2.21. The second kappa shape index (κ2) is 9.69. The first-order chi connectivity index (χ1) is 15.4. The third kappa shape index (κ3) is 4.93. The Morgan fingerprint density at radius 3 is 2.56 bits per heavy atom. The van der Waals surface area contributed by atoms with E-state index in [1.807, 2.05) is 0 Å². The molecule has 162 valence electrons. The quantitative estimate of drug-likeness (QED) is 0.322. The molecule has 0 bridgehead atoms. The van der Waals surface area contributed by atoms with Gasteiger partial charge in [0.15, 0.2) is 0 Å². The van der Waals surface area contributed by atoms with Crippen LogP contribution in [0, 0.1) is 0 Å². The molecule has 0 aliphatic carbocycles. The average molecular weight is 491 g/mol. The van der Waals surface area contributed by atoms with Crippen LogP contribution in [0.4, 0.5) is 4.39 Å². The Labute approximate surface area is 198 Å². The van der Waals surface area contributed by atoms with E-state index in [0.29, 0.717) is 32.3 Å². The van der Waals surface area contributed by atoms with Crippen molar-refractivity contribution < 1.29 is 13.9 Å². The number of hydrogen-bond acceptors (Lipinski definition) is 4. The fourth-order valence-electron chi connectivity index (χ4n) is 3.07. The van der Waals surface area contributed by atoms with E-state index in [9.17, 15) is 9.18 Å². The number of halogens is 4. The van der Waals surface area contributed by atoms with Crippen LogP contribution in [0.1, 0.15) is 22.1 Å². The third-order valence-electron chi connectivity index (χ3n) is 4.62. The summed E-state index contributed by atoms with van der Waals surface area (Å²) in [7, 11) is 0. The van der Waals surface area contributed by atoms with E-state index < -0.39 is 12.1 Å². The summed E-state index contributed by atoms with van der Waals surface area (Å²) in [5, 5.41) is 12.3. The minimum Gasteiger partial charge on any atom is -0.437 e. The molecule has 3 aromatic carbocycles. The van der Waals surface area contributed by atoms with Crippen molar-refractivity contribution >= 4 is 51.6 Å². The van der Waals surface area contributed by atoms with E-state index >= 15 is 0 Å². The van der Waals surface area contributed by atoms with Gasteiger partial charge >= 0.3 is 0 Å². The van der Waals surface area contributed by atoms with Crippen LogP contribution in [-0.2, 0) is 0 Å². The van der Waals surface area contributed by atoms with Crippen LogP contribution in [-0.4, -0.2) is 22.6 Å². The van der Waals surface area contributed by atoms with Crippen molar-refractivity contribution in [3.63, 3.8) is 0 Å². The molecule has 4 rings (SSSR count). The van der Waals surface area contributed by atoms with Gasteiger partial charge in [-0.15, -0.1) is 10.2 Å². The van der Waals surface area contributed by atoms with E-state index in [1.165, 1.54) is 18.2 Å². The summed E-state index contributed by atoms with van der Waals surface area (Å²) in [5.74, 6) is -0.195. The number of carbonyl (C=O) groups is 1. The molecule has 0 unspecified atom stereocenters. The number of alkyl halides is 1. The van der Waals surface area contributed by atoms with Crippen molar-refractivity contribution in [2.75, 3.05) is 6.54 Å². The zero-order chi connectivity index (χ0) is 22.7. The lowest BCUT2D eigenvalue weighted by Gasteiger charge is -2.14. The molecule has 5 nitrogen and oxygen atoms in total. The van der Waals surface area contributed by atoms with Gasteiger partial charge in [-0.2, -0.15) is 0 Å². The molecule has 4 aromatic rings. The summed E-state index contributed by atoms with van der Waals surface area (Å²) in [4.78, 5) is 13.1. The Hall–Kier alpha value is -2.93. The lowest BCUT2D eigenvalue weighted by atomic mass is 10.1. The average Bonchev–Trinajstić information content (AvgIpc) is 2.79. The van der Waals surface area contributed by atoms with Gasteiger partial charge in [0.05, 0.1) is 22.1 Å². The summed E-state index contributed by atoms with van der Waals surface area (Å²) in [5.41, 5.74) is 0.933. The largest absolute Gasteiger partial charge is 0.437 e. The maximum absolute atomic E-state index is 14.7. The number of hydrogen-bond donors (Lipinski definition) is 1.